The van der Waals surface area contributed by atoms with Gasteiger partial charge in [0.2, 0.25) is 0 Å². The number of halogens is 2. The van der Waals surface area contributed by atoms with Gasteiger partial charge in [0.05, 0.1) is 0 Å². The highest BCUT2D eigenvalue weighted by Crippen LogP contribution is 2.15. The van der Waals surface area contributed by atoms with Gasteiger partial charge < -0.3 is 5.32 Å². The predicted molar refractivity (Wildman–Crippen MR) is 75.0 cm³/mol. The Hall–Kier alpha value is -0.0500. The Morgan fingerprint density at radius 1 is 1.38 bits per heavy atom. The summed E-state index contributed by atoms with van der Waals surface area (Å²) < 4.78 is 1.18. The van der Waals surface area contributed by atoms with E-state index in [4.69, 9.17) is 11.6 Å². The molecule has 16 heavy (non-hydrogen) atoms. The summed E-state index contributed by atoms with van der Waals surface area (Å²) in [5.41, 5.74) is 1.31. The first kappa shape index (κ1) is 14.0. The van der Waals surface area contributed by atoms with Crippen LogP contribution in [0.1, 0.15) is 25.3 Å². The fraction of sp³-hybridized carbons (Fsp3) is 0.538. The summed E-state index contributed by atoms with van der Waals surface area (Å²) in [6, 6.07) is 8.32. The zero-order valence-electron chi connectivity index (χ0n) is 9.68. The molecule has 3 heteroatoms. The largest absolute Gasteiger partial charge is 0.313 e. The van der Waals surface area contributed by atoms with E-state index in [1.165, 1.54) is 22.9 Å². The van der Waals surface area contributed by atoms with Crippen LogP contribution in [0.5, 0.6) is 0 Å². The van der Waals surface area contributed by atoms with Gasteiger partial charge in [-0.3, -0.25) is 0 Å². The van der Waals surface area contributed by atoms with E-state index in [0.717, 1.165) is 19.0 Å². The minimum absolute atomic E-state index is 0.631. The van der Waals surface area contributed by atoms with E-state index in [1.54, 1.807) is 0 Å². The second-order valence-electron chi connectivity index (χ2n) is 4.17. The second-order valence-corrected chi connectivity index (χ2v) is 5.33. The van der Waals surface area contributed by atoms with E-state index in [2.05, 4.69) is 46.4 Å². The van der Waals surface area contributed by atoms with E-state index in [0.29, 0.717) is 5.92 Å². The van der Waals surface area contributed by atoms with Crippen molar-refractivity contribution < 1.29 is 0 Å². The van der Waals surface area contributed by atoms with Crippen molar-refractivity contribution in [3.8, 4) is 0 Å². The van der Waals surface area contributed by atoms with Crippen LogP contribution in [0.3, 0.4) is 0 Å². The van der Waals surface area contributed by atoms with Gasteiger partial charge in [0, 0.05) is 16.9 Å². The molecule has 0 aliphatic rings. The Kier molecular flexibility index (Phi) is 7.10. The minimum atomic E-state index is 0.631. The molecule has 0 bridgehead atoms. The molecule has 0 radical (unpaired) electrons. The molecular formula is C13H19BrClN. The lowest BCUT2D eigenvalue weighted by Gasteiger charge is -2.09. The normalized spacial score (nSPS) is 12.7. The van der Waals surface area contributed by atoms with Crippen molar-refractivity contribution in [2.75, 3.05) is 12.4 Å². The van der Waals surface area contributed by atoms with Crippen LogP contribution in [-0.4, -0.2) is 12.4 Å². The van der Waals surface area contributed by atoms with Crippen molar-refractivity contribution in [3.05, 3.63) is 34.3 Å². The number of alkyl halides is 1. The molecule has 0 saturated carbocycles. The van der Waals surface area contributed by atoms with Gasteiger partial charge in [-0.2, -0.15) is 0 Å². The molecule has 0 amide bonds. The van der Waals surface area contributed by atoms with Crippen LogP contribution in [0.25, 0.3) is 0 Å². The highest BCUT2D eigenvalue weighted by Gasteiger charge is 2.00. The van der Waals surface area contributed by atoms with Crippen molar-refractivity contribution in [3.63, 3.8) is 0 Å². The fourth-order valence-corrected chi connectivity index (χ4v) is 2.10. The Labute approximate surface area is 112 Å². The Morgan fingerprint density at radius 3 is 2.81 bits per heavy atom. The molecule has 0 spiro atoms. The van der Waals surface area contributed by atoms with Gasteiger partial charge in [0.15, 0.2) is 0 Å². The van der Waals surface area contributed by atoms with Crippen LogP contribution in [0.4, 0.5) is 0 Å². The molecule has 0 aliphatic heterocycles. The number of hydrogen-bond acceptors (Lipinski definition) is 1. The van der Waals surface area contributed by atoms with Gasteiger partial charge in [0.1, 0.15) is 0 Å². The van der Waals surface area contributed by atoms with Crippen LogP contribution < -0.4 is 5.32 Å². The maximum absolute atomic E-state index is 5.75. The molecule has 1 aromatic carbocycles. The molecule has 1 rings (SSSR count). The quantitative estimate of drug-likeness (QED) is 0.588. The third kappa shape index (κ3) is 5.33. The molecule has 1 aromatic rings. The molecule has 90 valence electrons. The smallest absolute Gasteiger partial charge is 0.0249 e. The lowest BCUT2D eigenvalue weighted by molar-refractivity contribution is 0.531. The van der Waals surface area contributed by atoms with E-state index in [9.17, 15) is 0 Å². The molecule has 1 unspecified atom stereocenters. The SMILES string of the molecule is CC(CCl)CCCNCc1ccccc1Br. The van der Waals surface area contributed by atoms with Crippen LogP contribution in [0.2, 0.25) is 0 Å². The number of rotatable bonds is 7. The van der Waals surface area contributed by atoms with Gasteiger partial charge >= 0.3 is 0 Å². The van der Waals surface area contributed by atoms with Gasteiger partial charge in [0.25, 0.3) is 0 Å². The number of hydrogen-bond donors (Lipinski definition) is 1. The topological polar surface area (TPSA) is 12.0 Å². The van der Waals surface area contributed by atoms with E-state index in [1.807, 2.05) is 6.07 Å². The summed E-state index contributed by atoms with van der Waals surface area (Å²) >= 11 is 9.30. The molecule has 1 nitrogen and oxygen atoms in total. The summed E-state index contributed by atoms with van der Waals surface area (Å²) in [5.74, 6) is 1.40. The molecule has 0 aliphatic carbocycles. The van der Waals surface area contributed by atoms with Crippen molar-refractivity contribution in [1.29, 1.82) is 0 Å². The van der Waals surface area contributed by atoms with Crippen LogP contribution in [0.15, 0.2) is 28.7 Å². The Morgan fingerprint density at radius 2 is 2.12 bits per heavy atom. The molecule has 0 fully saturated rings. The van der Waals surface area contributed by atoms with E-state index >= 15 is 0 Å². The molecule has 0 aromatic heterocycles. The second kappa shape index (κ2) is 8.10. The summed E-state index contributed by atoms with van der Waals surface area (Å²) in [4.78, 5) is 0. The van der Waals surface area contributed by atoms with Crippen LogP contribution in [-0.2, 0) is 6.54 Å². The van der Waals surface area contributed by atoms with E-state index < -0.39 is 0 Å². The van der Waals surface area contributed by atoms with Gasteiger partial charge in [-0.25, -0.2) is 0 Å². The molecule has 0 heterocycles. The molecule has 1 N–H and O–H groups in total. The molecule has 0 saturated heterocycles. The molecular weight excluding hydrogens is 286 g/mol. The number of benzene rings is 1. The lowest BCUT2D eigenvalue weighted by atomic mass is 10.1. The maximum atomic E-state index is 5.75. The summed E-state index contributed by atoms with van der Waals surface area (Å²) in [5, 5.41) is 3.45. The van der Waals surface area contributed by atoms with Gasteiger partial charge in [-0.05, 0) is 36.9 Å². The first-order valence-corrected chi connectivity index (χ1v) is 7.07. The monoisotopic (exact) mass is 303 g/mol. The average Bonchev–Trinajstić information content (AvgIpc) is 2.30. The standard InChI is InChI=1S/C13H19BrClN/c1-11(9-15)5-4-8-16-10-12-6-2-3-7-13(12)14/h2-3,6-7,11,16H,4-5,8-10H2,1H3. The zero-order valence-corrected chi connectivity index (χ0v) is 12.0. The fourth-order valence-electron chi connectivity index (χ4n) is 1.52. The van der Waals surface area contributed by atoms with Crippen LogP contribution in [0, 0.1) is 5.92 Å². The average molecular weight is 305 g/mol. The highest BCUT2D eigenvalue weighted by atomic mass is 79.9. The summed E-state index contributed by atoms with van der Waals surface area (Å²) in [6.45, 7) is 4.18. The first-order valence-electron chi connectivity index (χ1n) is 5.74. The summed E-state index contributed by atoms with van der Waals surface area (Å²) in [7, 11) is 0. The van der Waals surface area contributed by atoms with Crippen molar-refractivity contribution in [1.82, 2.24) is 5.32 Å². The minimum Gasteiger partial charge on any atom is -0.313 e. The highest BCUT2D eigenvalue weighted by molar-refractivity contribution is 9.10. The van der Waals surface area contributed by atoms with Gasteiger partial charge in [-0.1, -0.05) is 41.1 Å². The Balaban J connectivity index is 2.14. The van der Waals surface area contributed by atoms with E-state index in [-0.39, 0.29) is 0 Å². The lowest BCUT2D eigenvalue weighted by Crippen LogP contribution is -2.15. The van der Waals surface area contributed by atoms with Gasteiger partial charge in [-0.15, -0.1) is 11.6 Å². The Bertz CT molecular complexity index is 304. The maximum Gasteiger partial charge on any atom is 0.0249 e. The third-order valence-corrected chi connectivity index (χ3v) is 3.89. The summed E-state index contributed by atoms with van der Waals surface area (Å²) in [6.07, 6.45) is 2.39. The van der Waals surface area contributed by atoms with Crippen molar-refractivity contribution in [2.24, 2.45) is 5.92 Å². The zero-order chi connectivity index (χ0) is 11.8. The molecule has 1 atom stereocenters. The predicted octanol–water partition coefficient (Wildman–Crippen LogP) is 4.19. The van der Waals surface area contributed by atoms with Crippen molar-refractivity contribution >= 4 is 27.5 Å². The van der Waals surface area contributed by atoms with Crippen LogP contribution >= 0.6 is 27.5 Å². The number of nitrogens with one attached hydrogen (secondary N) is 1. The van der Waals surface area contributed by atoms with Crippen molar-refractivity contribution in [2.45, 2.75) is 26.3 Å². The first-order chi connectivity index (χ1) is 7.74. The third-order valence-electron chi connectivity index (χ3n) is 2.59.